The molecule has 1 aromatic carbocycles. The Hall–Kier alpha value is -0.900. The van der Waals surface area contributed by atoms with Gasteiger partial charge in [0.2, 0.25) is 0 Å². The zero-order valence-corrected chi connectivity index (χ0v) is 12.2. The number of nitrogens with zero attached hydrogens (tertiary/aromatic N) is 1. The van der Waals surface area contributed by atoms with Gasteiger partial charge in [-0.1, -0.05) is 29.8 Å². The number of benzene rings is 1. The molecule has 1 atom stereocenters. The van der Waals surface area contributed by atoms with Gasteiger partial charge in [-0.2, -0.15) is 0 Å². The molecule has 2 aromatic rings. The van der Waals surface area contributed by atoms with Gasteiger partial charge in [0.05, 0.1) is 10.7 Å². The third-order valence-electron chi connectivity index (χ3n) is 2.87. The zero-order valence-electron chi connectivity index (χ0n) is 10.6. The van der Waals surface area contributed by atoms with Crippen molar-refractivity contribution in [3.05, 3.63) is 50.9 Å². The summed E-state index contributed by atoms with van der Waals surface area (Å²) in [7, 11) is 0. The van der Waals surface area contributed by atoms with E-state index in [-0.39, 0.29) is 6.04 Å². The lowest BCUT2D eigenvalue weighted by molar-refractivity contribution is 0.574. The highest BCUT2D eigenvalue weighted by molar-refractivity contribution is 7.09. The summed E-state index contributed by atoms with van der Waals surface area (Å²) in [5.41, 5.74) is 2.31. The van der Waals surface area contributed by atoms with Gasteiger partial charge in [-0.15, -0.1) is 11.3 Å². The Balaban J connectivity index is 1.85. The number of aryl methyl sites for hydroxylation is 1. The third-order valence-corrected chi connectivity index (χ3v) is 4.04. The quantitative estimate of drug-likeness (QED) is 0.895. The Labute approximate surface area is 117 Å². The van der Waals surface area contributed by atoms with E-state index in [1.165, 1.54) is 0 Å². The second kappa shape index (κ2) is 6.32. The van der Waals surface area contributed by atoms with Crippen molar-refractivity contribution >= 4 is 22.9 Å². The fourth-order valence-electron chi connectivity index (χ4n) is 1.88. The average molecular weight is 281 g/mol. The summed E-state index contributed by atoms with van der Waals surface area (Å²) in [5.74, 6) is 0. The van der Waals surface area contributed by atoms with E-state index in [1.54, 1.807) is 11.3 Å². The molecule has 0 amide bonds. The second-order valence-electron chi connectivity index (χ2n) is 4.31. The Morgan fingerprint density at radius 1 is 1.39 bits per heavy atom. The predicted molar refractivity (Wildman–Crippen MR) is 78.4 cm³/mol. The summed E-state index contributed by atoms with van der Waals surface area (Å²) in [4.78, 5) is 4.45. The summed E-state index contributed by atoms with van der Waals surface area (Å²) < 4.78 is 0. The molecule has 18 heavy (non-hydrogen) atoms. The van der Waals surface area contributed by atoms with Crippen molar-refractivity contribution in [3.8, 4) is 0 Å². The lowest BCUT2D eigenvalue weighted by Gasteiger charge is -2.15. The molecular weight excluding hydrogens is 264 g/mol. The van der Waals surface area contributed by atoms with E-state index in [2.05, 4.69) is 28.7 Å². The molecule has 1 N–H and O–H groups in total. The number of hydrogen-bond donors (Lipinski definition) is 1. The van der Waals surface area contributed by atoms with E-state index >= 15 is 0 Å². The molecule has 0 saturated heterocycles. The summed E-state index contributed by atoms with van der Waals surface area (Å²) in [6, 6.07) is 8.23. The van der Waals surface area contributed by atoms with E-state index in [0.29, 0.717) is 0 Å². The molecule has 0 aliphatic rings. The van der Waals surface area contributed by atoms with Crippen molar-refractivity contribution in [2.45, 2.75) is 26.3 Å². The zero-order chi connectivity index (χ0) is 13.0. The molecule has 1 unspecified atom stereocenters. The van der Waals surface area contributed by atoms with Crippen LogP contribution >= 0.6 is 22.9 Å². The Morgan fingerprint density at radius 2 is 2.17 bits per heavy atom. The molecule has 1 aromatic heterocycles. The molecule has 0 aliphatic carbocycles. The maximum Gasteiger partial charge on any atom is 0.0897 e. The van der Waals surface area contributed by atoms with Crippen LogP contribution in [0.1, 0.15) is 29.2 Å². The molecule has 0 bridgehead atoms. The maximum atomic E-state index is 6.17. The minimum absolute atomic E-state index is 0.262. The Morgan fingerprint density at radius 3 is 2.83 bits per heavy atom. The highest BCUT2D eigenvalue weighted by atomic mass is 35.5. The van der Waals surface area contributed by atoms with Gasteiger partial charge in [0.25, 0.3) is 0 Å². The monoisotopic (exact) mass is 280 g/mol. The fraction of sp³-hybridized carbons (Fsp3) is 0.357. The lowest BCUT2D eigenvalue weighted by atomic mass is 10.1. The van der Waals surface area contributed by atoms with E-state index in [1.807, 2.05) is 25.1 Å². The molecular formula is C14H17ClN2S. The summed E-state index contributed by atoms with van der Waals surface area (Å²) in [6.45, 7) is 5.08. The normalized spacial score (nSPS) is 12.6. The van der Waals surface area contributed by atoms with Gasteiger partial charge in [0, 0.05) is 29.4 Å². The molecule has 0 aliphatic heterocycles. The van der Waals surface area contributed by atoms with Gasteiger partial charge in [-0.25, -0.2) is 4.98 Å². The Bertz CT molecular complexity index is 510. The van der Waals surface area contributed by atoms with Gasteiger partial charge in [-0.05, 0) is 25.5 Å². The number of thiazole rings is 1. The van der Waals surface area contributed by atoms with Crippen molar-refractivity contribution in [1.29, 1.82) is 0 Å². The van der Waals surface area contributed by atoms with E-state index in [4.69, 9.17) is 11.6 Å². The van der Waals surface area contributed by atoms with Crippen molar-refractivity contribution in [2.75, 3.05) is 6.54 Å². The number of hydrogen-bond acceptors (Lipinski definition) is 3. The smallest absolute Gasteiger partial charge is 0.0897 e. The van der Waals surface area contributed by atoms with Gasteiger partial charge in [-0.3, -0.25) is 0 Å². The van der Waals surface area contributed by atoms with Gasteiger partial charge < -0.3 is 5.32 Å². The molecule has 0 saturated carbocycles. The van der Waals surface area contributed by atoms with Crippen LogP contribution in [0.2, 0.25) is 5.02 Å². The van der Waals surface area contributed by atoms with Crippen LogP contribution in [0.5, 0.6) is 0 Å². The van der Waals surface area contributed by atoms with Gasteiger partial charge in [0.15, 0.2) is 0 Å². The van der Waals surface area contributed by atoms with Crippen LogP contribution in [0, 0.1) is 6.92 Å². The minimum Gasteiger partial charge on any atom is -0.310 e. The molecule has 0 fully saturated rings. The van der Waals surface area contributed by atoms with Gasteiger partial charge >= 0.3 is 0 Å². The largest absolute Gasteiger partial charge is 0.310 e. The number of nitrogens with one attached hydrogen (secondary N) is 1. The van der Waals surface area contributed by atoms with E-state index < -0.39 is 0 Å². The first-order valence-electron chi connectivity index (χ1n) is 6.05. The van der Waals surface area contributed by atoms with Crippen molar-refractivity contribution in [3.63, 3.8) is 0 Å². The molecule has 2 nitrogen and oxygen atoms in total. The molecule has 1 heterocycles. The average Bonchev–Trinajstić information content (AvgIpc) is 2.75. The van der Waals surface area contributed by atoms with E-state index in [9.17, 15) is 0 Å². The third kappa shape index (κ3) is 3.55. The highest BCUT2D eigenvalue weighted by Crippen LogP contribution is 2.21. The second-order valence-corrected chi connectivity index (χ2v) is 5.77. The first kappa shape index (κ1) is 13.5. The SMILES string of the molecule is Cc1nc(CCNC(C)c2ccccc2Cl)cs1. The van der Waals surface area contributed by atoms with Crippen LogP contribution in [-0.2, 0) is 6.42 Å². The summed E-state index contributed by atoms with van der Waals surface area (Å²) in [6.07, 6.45) is 0.957. The molecule has 96 valence electrons. The molecule has 2 rings (SSSR count). The van der Waals surface area contributed by atoms with Crippen LogP contribution in [0.4, 0.5) is 0 Å². The molecule has 0 radical (unpaired) electrons. The minimum atomic E-state index is 0.262. The van der Waals surface area contributed by atoms with Crippen LogP contribution in [0.3, 0.4) is 0 Å². The van der Waals surface area contributed by atoms with E-state index in [0.717, 1.165) is 34.3 Å². The molecule has 0 spiro atoms. The highest BCUT2D eigenvalue weighted by Gasteiger charge is 2.08. The maximum absolute atomic E-state index is 6.17. The predicted octanol–water partition coefficient (Wildman–Crippen LogP) is 4.00. The Kier molecular flexibility index (Phi) is 4.75. The first-order valence-corrected chi connectivity index (χ1v) is 7.31. The van der Waals surface area contributed by atoms with Crippen molar-refractivity contribution in [1.82, 2.24) is 10.3 Å². The lowest BCUT2D eigenvalue weighted by Crippen LogP contribution is -2.21. The van der Waals surface area contributed by atoms with Crippen LogP contribution < -0.4 is 5.32 Å². The molecule has 4 heteroatoms. The van der Waals surface area contributed by atoms with Crippen molar-refractivity contribution in [2.24, 2.45) is 0 Å². The first-order chi connectivity index (χ1) is 8.66. The number of halogens is 1. The standard InChI is InChI=1S/C14H17ClN2S/c1-10(13-5-3-4-6-14(13)15)16-8-7-12-9-18-11(2)17-12/h3-6,9-10,16H,7-8H2,1-2H3. The summed E-state index contributed by atoms with van der Waals surface area (Å²) >= 11 is 7.87. The van der Waals surface area contributed by atoms with Gasteiger partial charge in [0.1, 0.15) is 0 Å². The van der Waals surface area contributed by atoms with Crippen molar-refractivity contribution < 1.29 is 0 Å². The number of aromatic nitrogens is 1. The topological polar surface area (TPSA) is 24.9 Å². The summed E-state index contributed by atoms with van der Waals surface area (Å²) in [5, 5.41) is 7.55. The fourth-order valence-corrected chi connectivity index (χ4v) is 2.82. The van der Waals surface area contributed by atoms with Crippen LogP contribution in [-0.4, -0.2) is 11.5 Å². The van der Waals surface area contributed by atoms with Crippen LogP contribution in [0.25, 0.3) is 0 Å². The van der Waals surface area contributed by atoms with Crippen LogP contribution in [0.15, 0.2) is 29.6 Å². The number of rotatable bonds is 5.